The molecule has 1 heterocycles. The van der Waals surface area contributed by atoms with Gasteiger partial charge in [-0.3, -0.25) is 19.3 Å². The fraction of sp³-hybridized carbons (Fsp3) is 0.565. The number of imide groups is 1. The second-order valence-corrected chi connectivity index (χ2v) is 8.88. The molecule has 2 amide bonds. The zero-order valence-corrected chi connectivity index (χ0v) is 17.5. The SMILES string of the molecule is COc1ccc(C(=O)COC(=O)[C@H](C(C)C)N2C(=O)[C@H]3[C@@H]4CC[C@@H](C4)[C@@H]3C2=O)cc1. The highest BCUT2D eigenvalue weighted by atomic mass is 16.5. The Bertz CT molecular complexity index is 848. The van der Waals surface area contributed by atoms with E-state index in [2.05, 4.69) is 0 Å². The van der Waals surface area contributed by atoms with Gasteiger partial charge in [0.05, 0.1) is 18.9 Å². The van der Waals surface area contributed by atoms with Crippen molar-refractivity contribution in [3.8, 4) is 5.75 Å². The van der Waals surface area contributed by atoms with Crippen LogP contribution in [0.15, 0.2) is 24.3 Å². The van der Waals surface area contributed by atoms with E-state index in [1.54, 1.807) is 38.1 Å². The molecule has 1 aromatic carbocycles. The third-order valence-corrected chi connectivity index (χ3v) is 6.87. The van der Waals surface area contributed by atoms with Crippen molar-refractivity contribution in [2.24, 2.45) is 29.6 Å². The summed E-state index contributed by atoms with van der Waals surface area (Å²) in [6.07, 6.45) is 2.89. The Kier molecular flexibility index (Phi) is 5.38. The van der Waals surface area contributed by atoms with E-state index < -0.39 is 18.6 Å². The maximum absolute atomic E-state index is 13.1. The van der Waals surface area contributed by atoms with Gasteiger partial charge in [-0.2, -0.15) is 0 Å². The van der Waals surface area contributed by atoms with Gasteiger partial charge in [-0.05, 0) is 61.3 Å². The monoisotopic (exact) mass is 413 g/mol. The van der Waals surface area contributed by atoms with Crippen molar-refractivity contribution < 1.29 is 28.7 Å². The summed E-state index contributed by atoms with van der Waals surface area (Å²) in [6, 6.07) is 5.50. The molecule has 30 heavy (non-hydrogen) atoms. The van der Waals surface area contributed by atoms with E-state index in [9.17, 15) is 19.2 Å². The highest BCUT2D eigenvalue weighted by Crippen LogP contribution is 2.56. The van der Waals surface area contributed by atoms with Gasteiger partial charge >= 0.3 is 5.97 Å². The van der Waals surface area contributed by atoms with Crippen LogP contribution in [0.2, 0.25) is 0 Å². The first-order valence-corrected chi connectivity index (χ1v) is 10.5. The summed E-state index contributed by atoms with van der Waals surface area (Å²) in [5.41, 5.74) is 0.393. The summed E-state index contributed by atoms with van der Waals surface area (Å²) < 4.78 is 10.3. The van der Waals surface area contributed by atoms with Gasteiger partial charge in [-0.25, -0.2) is 4.79 Å². The Balaban J connectivity index is 1.45. The van der Waals surface area contributed by atoms with Crippen LogP contribution in [0.25, 0.3) is 0 Å². The van der Waals surface area contributed by atoms with E-state index in [0.29, 0.717) is 11.3 Å². The Morgan fingerprint density at radius 2 is 1.60 bits per heavy atom. The van der Waals surface area contributed by atoms with Crippen molar-refractivity contribution in [3.63, 3.8) is 0 Å². The summed E-state index contributed by atoms with van der Waals surface area (Å²) in [5, 5.41) is 0. The average molecular weight is 413 g/mol. The summed E-state index contributed by atoms with van der Waals surface area (Å²) in [4.78, 5) is 52.5. The van der Waals surface area contributed by atoms with Crippen LogP contribution in [0.3, 0.4) is 0 Å². The smallest absolute Gasteiger partial charge is 0.330 e. The molecule has 0 unspecified atom stereocenters. The lowest BCUT2D eigenvalue weighted by molar-refractivity contribution is -0.160. The minimum atomic E-state index is -1.00. The highest BCUT2D eigenvalue weighted by molar-refractivity contribution is 6.09. The predicted octanol–water partition coefficient (Wildman–Crippen LogP) is 2.48. The molecule has 2 aliphatic carbocycles. The molecule has 7 heteroatoms. The van der Waals surface area contributed by atoms with Gasteiger partial charge < -0.3 is 9.47 Å². The Morgan fingerprint density at radius 3 is 2.10 bits per heavy atom. The lowest BCUT2D eigenvalue weighted by Gasteiger charge is -2.28. The van der Waals surface area contributed by atoms with Gasteiger partial charge in [-0.15, -0.1) is 0 Å². The summed E-state index contributed by atoms with van der Waals surface area (Å²) >= 11 is 0. The fourth-order valence-corrected chi connectivity index (χ4v) is 5.46. The van der Waals surface area contributed by atoms with Gasteiger partial charge in [0.25, 0.3) is 0 Å². The molecule has 1 saturated heterocycles. The first kappa shape index (κ1) is 20.6. The minimum Gasteiger partial charge on any atom is -0.497 e. The van der Waals surface area contributed by atoms with Crippen LogP contribution in [-0.2, 0) is 19.1 Å². The highest BCUT2D eigenvalue weighted by Gasteiger charge is 2.62. The van der Waals surface area contributed by atoms with Gasteiger partial charge in [0.2, 0.25) is 11.8 Å². The zero-order valence-electron chi connectivity index (χ0n) is 17.5. The van der Waals surface area contributed by atoms with Crippen molar-refractivity contribution in [2.45, 2.75) is 39.2 Å². The van der Waals surface area contributed by atoms with E-state index in [-0.39, 0.29) is 47.2 Å². The molecule has 3 aliphatic rings. The van der Waals surface area contributed by atoms with Gasteiger partial charge in [0.1, 0.15) is 11.8 Å². The fourth-order valence-electron chi connectivity index (χ4n) is 5.46. The Hall–Kier alpha value is -2.70. The number of Topliss-reactive ketones (excluding diaryl/α,β-unsaturated/α-hetero) is 1. The topological polar surface area (TPSA) is 90.0 Å². The lowest BCUT2D eigenvalue weighted by Crippen LogP contribution is -2.50. The number of esters is 1. The third kappa shape index (κ3) is 3.30. The van der Waals surface area contributed by atoms with E-state index in [1.807, 2.05) is 0 Å². The normalized spacial score (nSPS) is 28.1. The van der Waals surface area contributed by atoms with Gasteiger partial charge in [0, 0.05) is 5.56 Å². The van der Waals surface area contributed by atoms with Crippen LogP contribution in [0.1, 0.15) is 43.5 Å². The number of ether oxygens (including phenoxy) is 2. The molecule has 0 N–H and O–H groups in total. The van der Waals surface area contributed by atoms with Crippen molar-refractivity contribution in [1.82, 2.24) is 4.90 Å². The Morgan fingerprint density at radius 1 is 1.03 bits per heavy atom. The molecule has 0 radical (unpaired) electrons. The van der Waals surface area contributed by atoms with E-state index in [0.717, 1.165) is 24.2 Å². The molecule has 5 atom stereocenters. The van der Waals surface area contributed by atoms with Crippen LogP contribution in [0.5, 0.6) is 5.75 Å². The zero-order chi connectivity index (χ0) is 21.6. The molecule has 2 saturated carbocycles. The minimum absolute atomic E-state index is 0.241. The number of amides is 2. The van der Waals surface area contributed by atoms with Gasteiger partial charge in [0.15, 0.2) is 12.4 Å². The number of carbonyl (C=O) groups excluding carboxylic acids is 4. The van der Waals surface area contributed by atoms with Crippen molar-refractivity contribution >= 4 is 23.6 Å². The van der Waals surface area contributed by atoms with Crippen LogP contribution in [0, 0.1) is 29.6 Å². The lowest BCUT2D eigenvalue weighted by atomic mass is 9.81. The number of hydrogen-bond donors (Lipinski definition) is 0. The first-order chi connectivity index (χ1) is 14.3. The largest absolute Gasteiger partial charge is 0.497 e. The number of hydrogen-bond acceptors (Lipinski definition) is 6. The molecule has 7 nitrogen and oxygen atoms in total. The van der Waals surface area contributed by atoms with Crippen LogP contribution >= 0.6 is 0 Å². The molecular weight excluding hydrogens is 386 g/mol. The maximum Gasteiger partial charge on any atom is 0.330 e. The van der Waals surface area contributed by atoms with E-state index >= 15 is 0 Å². The second-order valence-electron chi connectivity index (χ2n) is 8.88. The first-order valence-electron chi connectivity index (χ1n) is 10.5. The number of methoxy groups -OCH3 is 1. The maximum atomic E-state index is 13.1. The van der Waals surface area contributed by atoms with Crippen LogP contribution in [-0.4, -0.2) is 48.2 Å². The predicted molar refractivity (Wildman–Crippen MR) is 107 cm³/mol. The second kappa shape index (κ2) is 7.85. The molecule has 0 spiro atoms. The van der Waals surface area contributed by atoms with Crippen molar-refractivity contribution in [1.29, 1.82) is 0 Å². The number of fused-ring (bicyclic) bond motifs is 5. The number of rotatable bonds is 7. The summed E-state index contributed by atoms with van der Waals surface area (Å²) in [7, 11) is 1.53. The van der Waals surface area contributed by atoms with Crippen molar-refractivity contribution in [3.05, 3.63) is 29.8 Å². The number of likely N-dealkylation sites (tertiary alicyclic amines) is 1. The van der Waals surface area contributed by atoms with Crippen LogP contribution in [0.4, 0.5) is 0 Å². The molecular formula is C23H27NO6. The quantitative estimate of drug-likeness (QED) is 0.388. The molecule has 3 fully saturated rings. The van der Waals surface area contributed by atoms with Crippen molar-refractivity contribution in [2.75, 3.05) is 13.7 Å². The number of carbonyl (C=O) groups is 4. The molecule has 1 aromatic rings. The standard InChI is InChI=1S/C23H27NO6/c1-12(2)20(23(28)30-11-17(25)13-6-8-16(29-3)9-7-13)24-21(26)18-14-4-5-15(10-14)19(18)22(24)27/h6-9,12,14-15,18-20H,4-5,10-11H2,1-3H3/t14-,15+,18-,19-,20-/m0/s1. The van der Waals surface area contributed by atoms with Gasteiger partial charge in [-0.1, -0.05) is 13.8 Å². The van der Waals surface area contributed by atoms with E-state index in [4.69, 9.17) is 9.47 Å². The molecule has 2 bridgehead atoms. The number of ketones is 1. The molecule has 4 rings (SSSR count). The van der Waals surface area contributed by atoms with Crippen LogP contribution < -0.4 is 4.74 Å². The average Bonchev–Trinajstić information content (AvgIpc) is 3.42. The number of nitrogens with zero attached hydrogens (tertiary/aromatic N) is 1. The molecule has 0 aromatic heterocycles. The number of benzene rings is 1. The Labute approximate surface area is 175 Å². The van der Waals surface area contributed by atoms with E-state index in [1.165, 1.54) is 7.11 Å². The summed E-state index contributed by atoms with van der Waals surface area (Å²) in [6.45, 7) is 3.11. The summed E-state index contributed by atoms with van der Waals surface area (Å²) in [5.74, 6) is -1.31. The molecule has 160 valence electrons. The third-order valence-electron chi connectivity index (χ3n) is 6.87. The molecule has 1 aliphatic heterocycles.